The highest BCUT2D eigenvalue weighted by molar-refractivity contribution is 7.88. The lowest BCUT2D eigenvalue weighted by Gasteiger charge is -2.34. The van der Waals surface area contributed by atoms with Crippen molar-refractivity contribution in [2.45, 2.75) is 38.3 Å². The van der Waals surface area contributed by atoms with Crippen LogP contribution in [0.4, 0.5) is 5.00 Å². The number of hydrogen-bond acceptors (Lipinski definition) is 5. The molecule has 148 valence electrons. The highest BCUT2D eigenvalue weighted by atomic mass is 32.2. The van der Waals surface area contributed by atoms with Crippen LogP contribution in [0.15, 0.2) is 24.3 Å². The summed E-state index contributed by atoms with van der Waals surface area (Å²) in [6.07, 6.45) is 3.99. The van der Waals surface area contributed by atoms with E-state index in [2.05, 4.69) is 5.32 Å². The van der Waals surface area contributed by atoms with Crippen molar-refractivity contribution in [2.75, 3.05) is 11.6 Å². The third kappa shape index (κ3) is 3.34. The van der Waals surface area contributed by atoms with Crippen LogP contribution >= 0.6 is 11.3 Å². The maximum atomic E-state index is 13.1. The molecule has 7 nitrogen and oxygen atoms in total. The van der Waals surface area contributed by atoms with Gasteiger partial charge in [-0.15, -0.1) is 11.3 Å². The number of amides is 2. The number of hydrogen-bond donors (Lipinski definition) is 2. The Morgan fingerprint density at radius 1 is 1.21 bits per heavy atom. The second-order valence-corrected chi connectivity index (χ2v) is 10.3. The van der Waals surface area contributed by atoms with Gasteiger partial charge in [-0.2, -0.15) is 4.31 Å². The molecule has 1 atom stereocenters. The number of anilines is 1. The van der Waals surface area contributed by atoms with E-state index in [1.54, 1.807) is 0 Å². The molecule has 0 fully saturated rings. The normalized spacial score (nSPS) is 19.1. The van der Waals surface area contributed by atoms with E-state index >= 15 is 0 Å². The average Bonchev–Trinajstić information content (AvgIpc) is 3.20. The van der Waals surface area contributed by atoms with Gasteiger partial charge in [-0.1, -0.05) is 24.3 Å². The van der Waals surface area contributed by atoms with Gasteiger partial charge in [0.15, 0.2) is 0 Å². The van der Waals surface area contributed by atoms with Crippen molar-refractivity contribution in [1.29, 1.82) is 0 Å². The molecule has 28 heavy (non-hydrogen) atoms. The molecular weight excluding hydrogens is 398 g/mol. The van der Waals surface area contributed by atoms with Crippen molar-refractivity contribution < 1.29 is 18.0 Å². The molecule has 2 amide bonds. The number of thiophene rings is 1. The van der Waals surface area contributed by atoms with Gasteiger partial charge in [0.2, 0.25) is 15.9 Å². The molecule has 1 aromatic heterocycles. The van der Waals surface area contributed by atoms with E-state index in [1.807, 2.05) is 24.3 Å². The Hall–Kier alpha value is -2.23. The molecule has 0 bridgehead atoms. The molecule has 1 aliphatic carbocycles. The minimum absolute atomic E-state index is 0.150. The van der Waals surface area contributed by atoms with E-state index < -0.39 is 27.9 Å². The number of primary amides is 1. The van der Waals surface area contributed by atoms with Gasteiger partial charge in [0, 0.05) is 11.4 Å². The zero-order valence-corrected chi connectivity index (χ0v) is 17.0. The first kappa shape index (κ1) is 19.1. The zero-order valence-electron chi connectivity index (χ0n) is 15.4. The monoisotopic (exact) mass is 419 g/mol. The topological polar surface area (TPSA) is 110 Å². The number of nitrogens with two attached hydrogens (primary N) is 1. The number of carbonyl (C=O) groups is 2. The lowest BCUT2D eigenvalue weighted by Crippen LogP contribution is -2.50. The third-order valence-corrected chi connectivity index (χ3v) is 7.78. The van der Waals surface area contributed by atoms with Crippen LogP contribution in [0.2, 0.25) is 0 Å². The number of aryl methyl sites for hydroxylation is 1. The molecule has 1 aliphatic heterocycles. The lowest BCUT2D eigenvalue weighted by molar-refractivity contribution is -0.120. The highest BCUT2D eigenvalue weighted by Crippen LogP contribution is 2.39. The van der Waals surface area contributed by atoms with Crippen molar-refractivity contribution in [1.82, 2.24) is 4.31 Å². The van der Waals surface area contributed by atoms with Crippen LogP contribution in [0.5, 0.6) is 0 Å². The van der Waals surface area contributed by atoms with Crippen LogP contribution in [-0.4, -0.2) is 36.8 Å². The molecule has 2 aliphatic rings. The van der Waals surface area contributed by atoms with Crippen molar-refractivity contribution in [2.24, 2.45) is 5.73 Å². The standard InChI is InChI=1S/C19H21N3O4S2/c1-28(25,26)22-10-12-6-3-2-5-11(12)9-14(22)18(24)21-19-16(17(20)23)13-7-4-8-15(13)27-19/h2-3,5-6,14H,4,7-10H2,1H3,(H2,20,23)(H,21,24)/t14-/m0/s1. The second kappa shape index (κ2) is 6.98. The van der Waals surface area contributed by atoms with Crippen LogP contribution in [0.1, 0.15) is 38.3 Å². The third-order valence-electron chi connectivity index (χ3n) is 5.34. The minimum Gasteiger partial charge on any atom is -0.365 e. The summed E-state index contributed by atoms with van der Waals surface area (Å²) in [5.74, 6) is -1.01. The molecule has 1 aromatic carbocycles. The molecule has 2 heterocycles. The van der Waals surface area contributed by atoms with Crippen LogP contribution < -0.4 is 11.1 Å². The van der Waals surface area contributed by atoms with Crippen LogP contribution in [0, 0.1) is 0 Å². The van der Waals surface area contributed by atoms with E-state index in [0.29, 0.717) is 10.6 Å². The highest BCUT2D eigenvalue weighted by Gasteiger charge is 2.37. The fraction of sp³-hybridized carbons (Fsp3) is 0.368. The smallest absolute Gasteiger partial charge is 0.251 e. The summed E-state index contributed by atoms with van der Waals surface area (Å²) in [5, 5.41) is 3.22. The number of nitrogens with zero attached hydrogens (tertiary/aromatic N) is 1. The summed E-state index contributed by atoms with van der Waals surface area (Å²) in [6.45, 7) is 0.150. The predicted octanol–water partition coefficient (Wildman–Crippen LogP) is 1.66. The van der Waals surface area contributed by atoms with E-state index in [4.69, 9.17) is 5.73 Å². The predicted molar refractivity (Wildman–Crippen MR) is 108 cm³/mol. The van der Waals surface area contributed by atoms with E-state index in [-0.39, 0.29) is 13.0 Å². The van der Waals surface area contributed by atoms with Crippen LogP contribution in [0.25, 0.3) is 0 Å². The van der Waals surface area contributed by atoms with Crippen molar-refractivity contribution in [3.63, 3.8) is 0 Å². The van der Waals surface area contributed by atoms with Crippen LogP contribution in [0.3, 0.4) is 0 Å². The average molecular weight is 420 g/mol. The Morgan fingerprint density at radius 2 is 1.93 bits per heavy atom. The largest absolute Gasteiger partial charge is 0.365 e. The van der Waals surface area contributed by atoms with Gasteiger partial charge in [-0.3, -0.25) is 9.59 Å². The van der Waals surface area contributed by atoms with Crippen molar-refractivity contribution in [3.05, 3.63) is 51.4 Å². The maximum absolute atomic E-state index is 13.1. The van der Waals surface area contributed by atoms with E-state index in [9.17, 15) is 18.0 Å². The van der Waals surface area contributed by atoms with Crippen molar-refractivity contribution in [3.8, 4) is 0 Å². The Morgan fingerprint density at radius 3 is 2.61 bits per heavy atom. The number of fused-ring (bicyclic) bond motifs is 2. The summed E-state index contributed by atoms with van der Waals surface area (Å²) in [4.78, 5) is 26.1. The zero-order chi connectivity index (χ0) is 20.1. The Bertz CT molecular complexity index is 1070. The maximum Gasteiger partial charge on any atom is 0.251 e. The molecule has 4 rings (SSSR count). The quantitative estimate of drug-likeness (QED) is 0.785. The Labute approximate surface area is 167 Å². The summed E-state index contributed by atoms with van der Waals surface area (Å²) >= 11 is 1.36. The molecule has 0 radical (unpaired) electrons. The van der Waals surface area contributed by atoms with E-state index in [0.717, 1.165) is 47.1 Å². The van der Waals surface area contributed by atoms with Crippen molar-refractivity contribution >= 4 is 38.2 Å². The number of benzene rings is 1. The number of nitrogens with one attached hydrogen (secondary N) is 1. The fourth-order valence-electron chi connectivity index (χ4n) is 4.02. The van der Waals surface area contributed by atoms with Crippen LogP contribution in [-0.2, 0) is 40.6 Å². The molecule has 3 N–H and O–H groups in total. The Kier molecular flexibility index (Phi) is 4.76. The fourth-order valence-corrected chi connectivity index (χ4v) is 6.32. The van der Waals surface area contributed by atoms with Gasteiger partial charge in [-0.05, 0) is 42.4 Å². The number of carbonyl (C=O) groups excluding carboxylic acids is 2. The van der Waals surface area contributed by atoms with Gasteiger partial charge in [-0.25, -0.2) is 8.42 Å². The summed E-state index contributed by atoms with van der Waals surface area (Å²) in [5.41, 5.74) is 8.69. The Balaban J connectivity index is 1.67. The molecule has 2 aromatic rings. The van der Waals surface area contributed by atoms with Gasteiger partial charge in [0.1, 0.15) is 11.0 Å². The van der Waals surface area contributed by atoms with Gasteiger partial charge < -0.3 is 11.1 Å². The molecule has 0 unspecified atom stereocenters. The molecule has 0 saturated heterocycles. The van der Waals surface area contributed by atoms with Gasteiger partial charge in [0.25, 0.3) is 5.91 Å². The molecule has 0 saturated carbocycles. The first-order valence-corrected chi connectivity index (χ1v) is 11.7. The number of rotatable bonds is 4. The van der Waals surface area contributed by atoms with Gasteiger partial charge >= 0.3 is 0 Å². The first-order chi connectivity index (χ1) is 13.3. The van der Waals surface area contributed by atoms with Gasteiger partial charge in [0.05, 0.1) is 11.8 Å². The SMILES string of the molecule is CS(=O)(=O)N1Cc2ccccc2C[C@H]1C(=O)Nc1sc2c(c1C(N)=O)CCC2. The molecule has 9 heteroatoms. The summed E-state index contributed by atoms with van der Waals surface area (Å²) in [6, 6.07) is 6.63. The summed E-state index contributed by atoms with van der Waals surface area (Å²) < 4.78 is 25.9. The minimum atomic E-state index is -3.59. The molecule has 0 spiro atoms. The summed E-state index contributed by atoms with van der Waals surface area (Å²) in [7, 11) is -3.59. The second-order valence-electron chi connectivity index (χ2n) is 7.21. The van der Waals surface area contributed by atoms with E-state index in [1.165, 1.54) is 15.6 Å². The molecular formula is C19H21N3O4S2. The lowest BCUT2D eigenvalue weighted by atomic mass is 9.95. The first-order valence-electron chi connectivity index (χ1n) is 9.04. The number of sulfonamides is 1.